The topological polar surface area (TPSA) is 51.7 Å². The highest BCUT2D eigenvalue weighted by Gasteiger charge is 2.25. The van der Waals surface area contributed by atoms with E-state index in [9.17, 15) is 13.6 Å². The van der Waals surface area contributed by atoms with Gasteiger partial charge in [0.1, 0.15) is 0 Å². The van der Waals surface area contributed by atoms with E-state index in [2.05, 4.69) is 4.98 Å². The molecule has 1 unspecified atom stereocenters. The van der Waals surface area contributed by atoms with Gasteiger partial charge in [-0.25, -0.2) is 9.37 Å². The van der Waals surface area contributed by atoms with Crippen molar-refractivity contribution in [3.63, 3.8) is 0 Å². The van der Waals surface area contributed by atoms with Gasteiger partial charge in [-0.3, -0.25) is 4.79 Å². The Hall–Kier alpha value is -1.60. The second-order valence-corrected chi connectivity index (χ2v) is 4.26. The minimum atomic E-state index is -1.29. The number of carbonyl (C=O) groups excluding carboxylic acids is 1. The Labute approximate surface area is 116 Å². The van der Waals surface area contributed by atoms with Crippen LogP contribution in [0.15, 0.2) is 12.3 Å². The molecule has 20 heavy (non-hydrogen) atoms. The maximum atomic E-state index is 13.6. The van der Waals surface area contributed by atoms with Crippen LogP contribution in [0.3, 0.4) is 0 Å². The zero-order valence-corrected chi connectivity index (χ0v) is 11.7. The molecular weight excluding hydrogens is 270 g/mol. The molecule has 1 rings (SSSR count). The molecule has 1 aromatic rings. The lowest BCUT2D eigenvalue weighted by Crippen LogP contribution is -2.43. The second kappa shape index (κ2) is 7.86. The molecular formula is C13H18F2N2O3. The average molecular weight is 288 g/mol. The highest BCUT2D eigenvalue weighted by atomic mass is 19.2. The molecule has 0 spiro atoms. The molecule has 0 bridgehead atoms. The number of ether oxygens (including phenoxy) is 2. The number of hydrogen-bond acceptors (Lipinski definition) is 4. The Morgan fingerprint density at radius 2 is 2.10 bits per heavy atom. The van der Waals surface area contributed by atoms with E-state index < -0.39 is 17.7 Å². The van der Waals surface area contributed by atoms with Gasteiger partial charge >= 0.3 is 0 Å². The van der Waals surface area contributed by atoms with E-state index in [0.29, 0.717) is 0 Å². The van der Waals surface area contributed by atoms with E-state index in [0.717, 1.165) is 12.3 Å². The van der Waals surface area contributed by atoms with Crippen LogP contribution in [0.2, 0.25) is 0 Å². The smallest absolute Gasteiger partial charge is 0.257 e. The Bertz CT molecular complexity index is 457. The Balaban J connectivity index is 2.99. The number of pyridine rings is 1. The largest absolute Gasteiger partial charge is 0.383 e. The van der Waals surface area contributed by atoms with Gasteiger partial charge in [-0.05, 0) is 13.0 Å². The van der Waals surface area contributed by atoms with Crippen LogP contribution in [0.4, 0.5) is 8.78 Å². The number of amides is 1. The summed E-state index contributed by atoms with van der Waals surface area (Å²) in [6.07, 6.45) is 1.06. The summed E-state index contributed by atoms with van der Waals surface area (Å²) in [7, 11) is 3.00. The number of rotatable bonds is 7. The first kappa shape index (κ1) is 16.5. The van der Waals surface area contributed by atoms with Crippen molar-refractivity contribution in [3.8, 4) is 0 Å². The number of aromatic nitrogens is 1. The summed E-state index contributed by atoms with van der Waals surface area (Å²) >= 11 is 0. The Morgan fingerprint density at radius 1 is 1.40 bits per heavy atom. The lowest BCUT2D eigenvalue weighted by atomic mass is 10.2. The minimum Gasteiger partial charge on any atom is -0.383 e. The highest BCUT2D eigenvalue weighted by molar-refractivity contribution is 5.94. The van der Waals surface area contributed by atoms with E-state index in [4.69, 9.17) is 9.47 Å². The molecule has 0 aliphatic carbocycles. The van der Waals surface area contributed by atoms with Crippen molar-refractivity contribution in [2.75, 3.05) is 34.0 Å². The lowest BCUT2D eigenvalue weighted by molar-refractivity contribution is 0.0474. The van der Waals surface area contributed by atoms with E-state index >= 15 is 0 Å². The zero-order chi connectivity index (χ0) is 15.1. The minimum absolute atomic E-state index is 0.253. The van der Waals surface area contributed by atoms with Crippen molar-refractivity contribution >= 4 is 5.91 Å². The van der Waals surface area contributed by atoms with Gasteiger partial charge in [0.25, 0.3) is 5.91 Å². The zero-order valence-electron chi connectivity index (χ0n) is 11.7. The Kier molecular flexibility index (Phi) is 6.47. The summed E-state index contributed by atoms with van der Waals surface area (Å²) in [6.45, 7) is 2.58. The third-order valence-electron chi connectivity index (χ3n) is 2.81. The molecule has 1 heterocycles. The molecule has 0 fully saturated rings. The maximum absolute atomic E-state index is 13.6. The van der Waals surface area contributed by atoms with Gasteiger partial charge < -0.3 is 14.4 Å². The first-order chi connectivity index (χ1) is 9.52. The Morgan fingerprint density at radius 3 is 2.70 bits per heavy atom. The van der Waals surface area contributed by atoms with Gasteiger partial charge in [0.05, 0.1) is 24.8 Å². The molecule has 0 aromatic carbocycles. The summed E-state index contributed by atoms with van der Waals surface area (Å²) in [5.74, 6) is -3.16. The first-order valence-corrected chi connectivity index (χ1v) is 6.11. The molecule has 0 aliphatic rings. The van der Waals surface area contributed by atoms with Crippen LogP contribution in [0, 0.1) is 11.8 Å². The number of halogens is 2. The number of nitrogens with zero attached hydrogens (tertiary/aromatic N) is 2. The normalized spacial score (nSPS) is 12.2. The highest BCUT2D eigenvalue weighted by Crippen LogP contribution is 2.14. The van der Waals surface area contributed by atoms with Crippen LogP contribution in [0.5, 0.6) is 0 Å². The fourth-order valence-electron chi connectivity index (χ4n) is 1.78. The van der Waals surface area contributed by atoms with Gasteiger partial charge in [0, 0.05) is 27.0 Å². The SMILES string of the molecule is COCCN(C(=O)c1ccnc(F)c1F)C(C)COC. The fraction of sp³-hybridized carbons (Fsp3) is 0.538. The molecule has 0 N–H and O–H groups in total. The van der Waals surface area contributed by atoms with Crippen molar-refractivity contribution in [3.05, 3.63) is 29.6 Å². The third-order valence-corrected chi connectivity index (χ3v) is 2.81. The van der Waals surface area contributed by atoms with Crippen LogP contribution in [0.25, 0.3) is 0 Å². The predicted molar refractivity (Wildman–Crippen MR) is 68.4 cm³/mol. The molecule has 7 heteroatoms. The van der Waals surface area contributed by atoms with Gasteiger partial charge in [0.2, 0.25) is 5.95 Å². The molecule has 0 radical (unpaired) electrons. The first-order valence-electron chi connectivity index (χ1n) is 6.11. The lowest BCUT2D eigenvalue weighted by Gasteiger charge is -2.28. The number of hydrogen-bond donors (Lipinski definition) is 0. The number of methoxy groups -OCH3 is 2. The van der Waals surface area contributed by atoms with E-state index in [1.807, 2.05) is 0 Å². The monoisotopic (exact) mass is 288 g/mol. The predicted octanol–water partition coefficient (Wildman–Crippen LogP) is 1.48. The van der Waals surface area contributed by atoms with E-state index in [1.54, 1.807) is 6.92 Å². The molecule has 1 atom stereocenters. The maximum Gasteiger partial charge on any atom is 0.257 e. The van der Waals surface area contributed by atoms with E-state index in [1.165, 1.54) is 19.1 Å². The van der Waals surface area contributed by atoms with Gasteiger partial charge in [-0.15, -0.1) is 0 Å². The molecule has 5 nitrogen and oxygen atoms in total. The summed E-state index contributed by atoms with van der Waals surface area (Å²) in [5, 5.41) is 0. The number of carbonyl (C=O) groups is 1. The van der Waals surface area contributed by atoms with Gasteiger partial charge in [0.15, 0.2) is 5.82 Å². The molecule has 112 valence electrons. The van der Waals surface area contributed by atoms with Crippen molar-refractivity contribution in [2.24, 2.45) is 0 Å². The van der Waals surface area contributed by atoms with Crippen LogP contribution < -0.4 is 0 Å². The summed E-state index contributed by atoms with van der Waals surface area (Å²) in [4.78, 5) is 16.9. The van der Waals surface area contributed by atoms with Crippen molar-refractivity contribution in [1.29, 1.82) is 0 Å². The van der Waals surface area contributed by atoms with Crippen LogP contribution >= 0.6 is 0 Å². The van der Waals surface area contributed by atoms with Crippen LogP contribution in [-0.2, 0) is 9.47 Å². The van der Waals surface area contributed by atoms with Gasteiger partial charge in [-0.1, -0.05) is 0 Å². The molecule has 0 aliphatic heterocycles. The quantitative estimate of drug-likeness (QED) is 0.713. The van der Waals surface area contributed by atoms with Crippen LogP contribution in [-0.4, -0.2) is 55.8 Å². The summed E-state index contributed by atoms with van der Waals surface area (Å²) in [6, 6.07) is 0.860. The average Bonchev–Trinajstić information content (AvgIpc) is 2.42. The standard InChI is InChI=1S/C13H18F2N2O3/c1-9(8-20-3)17(6-7-19-2)13(18)10-4-5-16-12(15)11(10)14/h4-5,9H,6-8H2,1-3H3. The van der Waals surface area contributed by atoms with E-state index in [-0.39, 0.29) is 31.4 Å². The third kappa shape index (κ3) is 3.94. The van der Waals surface area contributed by atoms with Crippen molar-refractivity contribution < 1.29 is 23.0 Å². The molecule has 0 saturated carbocycles. The van der Waals surface area contributed by atoms with Crippen molar-refractivity contribution in [2.45, 2.75) is 13.0 Å². The molecule has 1 aromatic heterocycles. The molecule has 0 saturated heterocycles. The fourth-order valence-corrected chi connectivity index (χ4v) is 1.78. The van der Waals surface area contributed by atoms with Crippen molar-refractivity contribution in [1.82, 2.24) is 9.88 Å². The second-order valence-electron chi connectivity index (χ2n) is 4.26. The summed E-state index contributed by atoms with van der Waals surface area (Å²) < 4.78 is 36.6. The van der Waals surface area contributed by atoms with Gasteiger partial charge in [-0.2, -0.15) is 4.39 Å². The van der Waals surface area contributed by atoms with Crippen LogP contribution in [0.1, 0.15) is 17.3 Å². The summed E-state index contributed by atoms with van der Waals surface area (Å²) in [5.41, 5.74) is -0.350. The molecule has 1 amide bonds.